The summed E-state index contributed by atoms with van der Waals surface area (Å²) in [5.74, 6) is 1.81. The molecule has 0 spiro atoms. The molecule has 1 atom stereocenters. The number of pyridine rings is 1. The van der Waals surface area contributed by atoms with Gasteiger partial charge in [-0.1, -0.05) is 5.16 Å². The Morgan fingerprint density at radius 3 is 2.68 bits per heavy atom. The van der Waals surface area contributed by atoms with Gasteiger partial charge in [-0.2, -0.15) is 9.97 Å². The molecule has 8 nitrogen and oxygen atoms in total. The fourth-order valence-electron chi connectivity index (χ4n) is 1.98. The Hall–Kier alpha value is -3.03. The van der Waals surface area contributed by atoms with E-state index in [2.05, 4.69) is 30.4 Å². The predicted molar refractivity (Wildman–Crippen MR) is 80.7 cm³/mol. The topological polar surface area (TPSA) is 116 Å². The second kappa shape index (κ2) is 5.76. The predicted octanol–water partition coefficient (Wildman–Crippen LogP) is 1.99. The van der Waals surface area contributed by atoms with Crippen molar-refractivity contribution in [1.29, 1.82) is 0 Å². The van der Waals surface area contributed by atoms with Gasteiger partial charge in [-0.3, -0.25) is 4.98 Å². The smallest absolute Gasteiger partial charge is 0.249 e. The van der Waals surface area contributed by atoms with Crippen LogP contribution >= 0.6 is 0 Å². The highest BCUT2D eigenvalue weighted by molar-refractivity contribution is 5.52. The molecule has 3 rings (SSSR count). The van der Waals surface area contributed by atoms with Gasteiger partial charge >= 0.3 is 0 Å². The molecular weight excluding hydrogens is 282 g/mol. The number of nitrogen functional groups attached to an aromatic ring is 1. The summed E-state index contributed by atoms with van der Waals surface area (Å²) in [6, 6.07) is 5.23. The summed E-state index contributed by atoms with van der Waals surface area (Å²) in [4.78, 5) is 16.5. The molecule has 22 heavy (non-hydrogen) atoms. The normalized spacial score (nSPS) is 12.1. The second-order valence-electron chi connectivity index (χ2n) is 4.81. The summed E-state index contributed by atoms with van der Waals surface area (Å²) in [5, 5.41) is 7.14. The molecule has 3 N–H and O–H groups in total. The molecule has 0 fully saturated rings. The molecule has 0 unspecified atom stereocenters. The Bertz CT molecular complexity index is 752. The molecule has 0 aliphatic carbocycles. The molecule has 0 aliphatic heterocycles. The van der Waals surface area contributed by atoms with Crippen molar-refractivity contribution in [3.05, 3.63) is 42.2 Å². The highest BCUT2D eigenvalue weighted by Crippen LogP contribution is 2.20. The fourth-order valence-corrected chi connectivity index (χ4v) is 1.98. The Balaban J connectivity index is 1.78. The van der Waals surface area contributed by atoms with Gasteiger partial charge in [-0.15, -0.1) is 0 Å². The Labute approximate surface area is 126 Å². The molecule has 112 valence electrons. The summed E-state index contributed by atoms with van der Waals surface area (Å²) < 4.78 is 5.29. The van der Waals surface area contributed by atoms with Crippen molar-refractivity contribution in [3.63, 3.8) is 0 Å². The number of hydrogen-bond donors (Lipinski definition) is 2. The number of anilines is 2. The third-order valence-electron chi connectivity index (χ3n) is 2.99. The second-order valence-corrected chi connectivity index (χ2v) is 4.81. The van der Waals surface area contributed by atoms with E-state index in [1.165, 1.54) is 0 Å². The van der Waals surface area contributed by atoms with Crippen LogP contribution in [0.5, 0.6) is 0 Å². The maximum atomic E-state index is 5.63. The molecule has 0 bridgehead atoms. The quantitative estimate of drug-likeness (QED) is 0.751. The van der Waals surface area contributed by atoms with Gasteiger partial charge in [-0.05, 0) is 26.0 Å². The summed E-state index contributed by atoms with van der Waals surface area (Å²) in [6.07, 6.45) is 3.36. The Kier molecular flexibility index (Phi) is 3.65. The summed E-state index contributed by atoms with van der Waals surface area (Å²) in [5.41, 5.74) is 7.26. The van der Waals surface area contributed by atoms with Crippen molar-refractivity contribution in [3.8, 4) is 11.4 Å². The van der Waals surface area contributed by atoms with Crippen molar-refractivity contribution in [2.75, 3.05) is 11.1 Å². The maximum Gasteiger partial charge on any atom is 0.249 e. The van der Waals surface area contributed by atoms with Gasteiger partial charge in [-0.25, -0.2) is 4.98 Å². The number of aromatic nitrogens is 5. The number of hydrogen-bond acceptors (Lipinski definition) is 8. The van der Waals surface area contributed by atoms with Crippen LogP contribution in [0.2, 0.25) is 0 Å². The van der Waals surface area contributed by atoms with E-state index < -0.39 is 0 Å². The van der Waals surface area contributed by atoms with Crippen LogP contribution in [0.25, 0.3) is 11.4 Å². The third-order valence-corrected chi connectivity index (χ3v) is 2.99. The minimum Gasteiger partial charge on any atom is -0.368 e. The lowest BCUT2D eigenvalue weighted by molar-refractivity contribution is 0.367. The van der Waals surface area contributed by atoms with E-state index in [4.69, 9.17) is 10.3 Å². The zero-order chi connectivity index (χ0) is 15.5. The standard InChI is InChI=1S/C14H15N7O/c1-8-7-11(19-14(15)17-8)18-9(2)13-20-12(21-22-13)10-3-5-16-6-4-10/h3-7,9H,1-2H3,(H3,15,17,18,19)/t9-/m1/s1. The van der Waals surface area contributed by atoms with Gasteiger partial charge in [0.05, 0.1) is 0 Å². The first-order valence-electron chi connectivity index (χ1n) is 6.73. The monoisotopic (exact) mass is 297 g/mol. The minimum absolute atomic E-state index is 0.211. The van der Waals surface area contributed by atoms with Gasteiger partial charge in [0.2, 0.25) is 17.7 Å². The van der Waals surface area contributed by atoms with Crippen LogP contribution < -0.4 is 11.1 Å². The minimum atomic E-state index is -0.211. The van der Waals surface area contributed by atoms with Crippen molar-refractivity contribution in [2.45, 2.75) is 19.9 Å². The lowest BCUT2D eigenvalue weighted by atomic mass is 10.2. The summed E-state index contributed by atoms with van der Waals surface area (Å²) >= 11 is 0. The fraction of sp³-hybridized carbons (Fsp3) is 0.214. The zero-order valence-corrected chi connectivity index (χ0v) is 12.2. The molecule has 0 saturated heterocycles. The van der Waals surface area contributed by atoms with Crippen LogP contribution in [0.15, 0.2) is 35.1 Å². The lowest BCUT2D eigenvalue weighted by Crippen LogP contribution is -2.10. The summed E-state index contributed by atoms with van der Waals surface area (Å²) in [6.45, 7) is 3.75. The van der Waals surface area contributed by atoms with Crippen LogP contribution in [-0.4, -0.2) is 25.1 Å². The van der Waals surface area contributed by atoms with E-state index in [1.54, 1.807) is 18.5 Å². The molecule has 8 heteroatoms. The number of nitrogens with zero attached hydrogens (tertiary/aromatic N) is 5. The maximum absolute atomic E-state index is 5.63. The van der Waals surface area contributed by atoms with Gasteiger partial charge < -0.3 is 15.6 Å². The average molecular weight is 297 g/mol. The van der Waals surface area contributed by atoms with Crippen LogP contribution in [0.3, 0.4) is 0 Å². The lowest BCUT2D eigenvalue weighted by Gasteiger charge is -2.10. The zero-order valence-electron chi connectivity index (χ0n) is 12.2. The van der Waals surface area contributed by atoms with Gasteiger partial charge in [0.1, 0.15) is 11.9 Å². The molecule has 0 aromatic carbocycles. The van der Waals surface area contributed by atoms with Crippen LogP contribution in [0.4, 0.5) is 11.8 Å². The molecule has 0 amide bonds. The first-order chi connectivity index (χ1) is 10.6. The first kappa shape index (κ1) is 13.9. The highest BCUT2D eigenvalue weighted by atomic mass is 16.5. The largest absolute Gasteiger partial charge is 0.368 e. The molecule has 3 heterocycles. The molecule has 3 aromatic rings. The number of nitrogens with two attached hydrogens (primary N) is 1. The van der Waals surface area contributed by atoms with E-state index >= 15 is 0 Å². The van der Waals surface area contributed by atoms with E-state index in [0.717, 1.165) is 11.3 Å². The SMILES string of the molecule is Cc1cc(N[C@H](C)c2nc(-c3ccncc3)no2)nc(N)n1. The number of nitrogens with one attached hydrogen (secondary N) is 1. The average Bonchev–Trinajstić information content (AvgIpc) is 2.97. The Morgan fingerprint density at radius 1 is 1.18 bits per heavy atom. The summed E-state index contributed by atoms with van der Waals surface area (Å²) in [7, 11) is 0. The van der Waals surface area contributed by atoms with Crippen LogP contribution in [-0.2, 0) is 0 Å². The van der Waals surface area contributed by atoms with E-state index in [1.807, 2.05) is 26.0 Å². The molecule has 3 aromatic heterocycles. The van der Waals surface area contributed by atoms with Crippen molar-refractivity contribution >= 4 is 11.8 Å². The van der Waals surface area contributed by atoms with Crippen LogP contribution in [0.1, 0.15) is 24.6 Å². The van der Waals surface area contributed by atoms with E-state index in [-0.39, 0.29) is 12.0 Å². The van der Waals surface area contributed by atoms with E-state index in [9.17, 15) is 0 Å². The van der Waals surface area contributed by atoms with Crippen molar-refractivity contribution in [2.24, 2.45) is 0 Å². The van der Waals surface area contributed by atoms with Crippen molar-refractivity contribution in [1.82, 2.24) is 25.1 Å². The van der Waals surface area contributed by atoms with Crippen LogP contribution in [0, 0.1) is 6.92 Å². The van der Waals surface area contributed by atoms with Crippen molar-refractivity contribution < 1.29 is 4.52 Å². The third kappa shape index (κ3) is 3.00. The molecule has 0 saturated carbocycles. The Morgan fingerprint density at radius 2 is 1.95 bits per heavy atom. The number of rotatable bonds is 4. The number of aryl methyl sites for hydroxylation is 1. The van der Waals surface area contributed by atoms with Gasteiger partial charge in [0.25, 0.3) is 0 Å². The van der Waals surface area contributed by atoms with Gasteiger partial charge in [0.15, 0.2) is 0 Å². The molecule has 0 aliphatic rings. The molecular formula is C14H15N7O. The molecule has 0 radical (unpaired) electrons. The van der Waals surface area contributed by atoms with Gasteiger partial charge in [0, 0.05) is 29.7 Å². The van der Waals surface area contributed by atoms with E-state index in [0.29, 0.717) is 17.5 Å². The first-order valence-corrected chi connectivity index (χ1v) is 6.73. The highest BCUT2D eigenvalue weighted by Gasteiger charge is 2.16.